The Morgan fingerprint density at radius 2 is 1.96 bits per heavy atom. The van der Waals surface area contributed by atoms with Crippen LogP contribution in [0.1, 0.15) is 22.3 Å². The van der Waals surface area contributed by atoms with E-state index < -0.39 is 18.4 Å². The summed E-state index contributed by atoms with van der Waals surface area (Å²) in [6, 6.07) is 9.19. The van der Waals surface area contributed by atoms with Crippen LogP contribution in [0.5, 0.6) is 0 Å². The third-order valence-electron chi connectivity index (χ3n) is 3.56. The Hall–Kier alpha value is -2.94. The van der Waals surface area contributed by atoms with Crippen LogP contribution in [-0.2, 0) is 4.84 Å². The fourth-order valence-electron chi connectivity index (χ4n) is 2.18. The van der Waals surface area contributed by atoms with E-state index in [1.54, 1.807) is 12.1 Å². The topological polar surface area (TPSA) is 83.8 Å². The number of halogens is 3. The van der Waals surface area contributed by atoms with Gasteiger partial charge in [0.05, 0.1) is 17.7 Å². The van der Waals surface area contributed by atoms with E-state index in [2.05, 4.69) is 20.3 Å². The molecule has 2 aromatic rings. The Morgan fingerprint density at radius 1 is 1.24 bits per heavy atom. The second-order valence-electron chi connectivity index (χ2n) is 5.36. The Balaban J connectivity index is 1.68. The molecule has 1 aliphatic heterocycles. The van der Waals surface area contributed by atoms with Crippen molar-refractivity contribution >= 4 is 17.3 Å². The molecule has 1 aromatic carbocycles. The second-order valence-corrected chi connectivity index (χ2v) is 5.36. The number of alkyl halides is 3. The number of hydrogen-bond acceptors (Lipinski definition) is 5. The smallest absolute Gasteiger partial charge is 0.350 e. The zero-order chi connectivity index (χ0) is 18.1. The Morgan fingerprint density at radius 3 is 2.52 bits per heavy atom. The van der Waals surface area contributed by atoms with Crippen LogP contribution in [0.2, 0.25) is 0 Å². The van der Waals surface area contributed by atoms with E-state index >= 15 is 0 Å². The van der Waals surface area contributed by atoms with E-state index in [4.69, 9.17) is 0 Å². The normalized spacial score (nSPS) is 19.9. The SMILES string of the molecule is O=C(Nc1ccc(C2=NOC(O)(C(F)(F)F)C2)cc1)c1cccnc1. The van der Waals surface area contributed by atoms with Crippen LogP contribution in [0.4, 0.5) is 18.9 Å². The molecular formula is C16H12F3N3O3. The van der Waals surface area contributed by atoms with Crippen molar-refractivity contribution in [3.63, 3.8) is 0 Å². The number of carbonyl (C=O) groups is 1. The minimum atomic E-state index is -4.95. The monoisotopic (exact) mass is 351 g/mol. The molecule has 0 radical (unpaired) electrons. The molecule has 1 aromatic heterocycles. The first-order chi connectivity index (χ1) is 11.8. The van der Waals surface area contributed by atoms with Gasteiger partial charge in [-0.05, 0) is 29.8 Å². The lowest BCUT2D eigenvalue weighted by atomic mass is 10.0. The molecule has 0 saturated heterocycles. The predicted molar refractivity (Wildman–Crippen MR) is 81.9 cm³/mol. The van der Waals surface area contributed by atoms with Gasteiger partial charge < -0.3 is 15.3 Å². The summed E-state index contributed by atoms with van der Waals surface area (Å²) >= 11 is 0. The van der Waals surface area contributed by atoms with Gasteiger partial charge in [-0.25, -0.2) is 0 Å². The van der Waals surface area contributed by atoms with Crippen molar-refractivity contribution in [1.29, 1.82) is 0 Å². The van der Waals surface area contributed by atoms with Gasteiger partial charge in [0.25, 0.3) is 5.91 Å². The molecular weight excluding hydrogens is 339 g/mol. The van der Waals surface area contributed by atoms with Crippen molar-refractivity contribution in [2.24, 2.45) is 5.16 Å². The van der Waals surface area contributed by atoms with Crippen LogP contribution in [0.3, 0.4) is 0 Å². The third-order valence-corrected chi connectivity index (χ3v) is 3.56. The van der Waals surface area contributed by atoms with E-state index in [-0.39, 0.29) is 11.6 Å². The zero-order valence-corrected chi connectivity index (χ0v) is 12.6. The van der Waals surface area contributed by atoms with Gasteiger partial charge in [-0.1, -0.05) is 17.3 Å². The summed E-state index contributed by atoms with van der Waals surface area (Å²) in [4.78, 5) is 20.0. The fraction of sp³-hybridized carbons (Fsp3) is 0.188. The number of nitrogens with one attached hydrogen (secondary N) is 1. The van der Waals surface area contributed by atoms with Gasteiger partial charge in [-0.15, -0.1) is 0 Å². The quantitative estimate of drug-likeness (QED) is 0.891. The van der Waals surface area contributed by atoms with Gasteiger partial charge in [0.2, 0.25) is 0 Å². The van der Waals surface area contributed by atoms with Gasteiger partial charge in [0, 0.05) is 18.1 Å². The Labute approximate surface area is 139 Å². The maximum Gasteiger partial charge on any atom is 0.458 e. The molecule has 0 bridgehead atoms. The number of benzene rings is 1. The van der Waals surface area contributed by atoms with Crippen molar-refractivity contribution in [3.8, 4) is 0 Å². The number of anilines is 1. The third kappa shape index (κ3) is 3.45. The largest absolute Gasteiger partial charge is 0.458 e. The van der Waals surface area contributed by atoms with Crippen LogP contribution in [-0.4, -0.2) is 33.7 Å². The Kier molecular flexibility index (Phi) is 4.17. The molecule has 9 heteroatoms. The maximum atomic E-state index is 12.7. The summed E-state index contributed by atoms with van der Waals surface area (Å²) in [6.07, 6.45) is -2.81. The van der Waals surface area contributed by atoms with Gasteiger partial charge in [0.15, 0.2) is 0 Å². The van der Waals surface area contributed by atoms with Gasteiger partial charge in [-0.2, -0.15) is 13.2 Å². The van der Waals surface area contributed by atoms with Crippen molar-refractivity contribution < 1.29 is 27.9 Å². The number of amides is 1. The van der Waals surface area contributed by atoms with Crippen molar-refractivity contribution in [1.82, 2.24) is 4.98 Å². The number of carbonyl (C=O) groups excluding carboxylic acids is 1. The van der Waals surface area contributed by atoms with Crippen molar-refractivity contribution in [3.05, 3.63) is 59.9 Å². The van der Waals surface area contributed by atoms with Gasteiger partial charge in [0.1, 0.15) is 0 Å². The first-order valence-corrected chi connectivity index (χ1v) is 7.14. The summed E-state index contributed by atoms with van der Waals surface area (Å²) in [5, 5.41) is 15.4. The molecule has 2 N–H and O–H groups in total. The predicted octanol–water partition coefficient (Wildman–Crippen LogP) is 2.71. The lowest BCUT2D eigenvalue weighted by Crippen LogP contribution is -2.45. The fourth-order valence-corrected chi connectivity index (χ4v) is 2.18. The van der Waals surface area contributed by atoms with E-state index in [1.165, 1.54) is 36.7 Å². The number of aliphatic hydroxyl groups is 1. The average Bonchev–Trinajstić information content (AvgIpc) is 3.00. The van der Waals surface area contributed by atoms with Crippen LogP contribution < -0.4 is 5.32 Å². The highest BCUT2D eigenvalue weighted by Gasteiger charge is 2.60. The summed E-state index contributed by atoms with van der Waals surface area (Å²) in [5.41, 5.74) is 1.13. The molecule has 0 saturated carbocycles. The summed E-state index contributed by atoms with van der Waals surface area (Å²) in [6.45, 7) is 0. The van der Waals surface area contributed by atoms with Crippen LogP contribution >= 0.6 is 0 Å². The number of oxime groups is 1. The molecule has 1 atom stereocenters. The Bertz CT molecular complexity index is 807. The standard InChI is InChI=1S/C16H12F3N3O3/c17-16(18,19)15(24)8-13(22-25-15)10-3-5-12(6-4-10)21-14(23)11-2-1-7-20-9-11/h1-7,9,24H,8H2,(H,21,23). The lowest BCUT2D eigenvalue weighted by molar-refractivity contribution is -0.355. The number of rotatable bonds is 3. The van der Waals surface area contributed by atoms with Crippen LogP contribution in [0.15, 0.2) is 53.9 Å². The molecule has 25 heavy (non-hydrogen) atoms. The highest BCUT2D eigenvalue weighted by molar-refractivity contribution is 6.05. The molecule has 1 amide bonds. The molecule has 3 rings (SSSR count). The summed E-state index contributed by atoms with van der Waals surface area (Å²) in [7, 11) is 0. The number of nitrogens with zero attached hydrogens (tertiary/aromatic N) is 2. The minimum Gasteiger partial charge on any atom is -0.350 e. The highest BCUT2D eigenvalue weighted by atomic mass is 19.4. The molecule has 1 aliphatic rings. The molecule has 0 spiro atoms. The van der Waals surface area contributed by atoms with Crippen molar-refractivity contribution in [2.45, 2.75) is 18.4 Å². The van der Waals surface area contributed by atoms with E-state index in [0.717, 1.165) is 0 Å². The average molecular weight is 351 g/mol. The summed E-state index contributed by atoms with van der Waals surface area (Å²) in [5.74, 6) is -3.68. The number of hydrogen-bond donors (Lipinski definition) is 2. The second kappa shape index (κ2) is 6.17. The van der Waals surface area contributed by atoms with E-state index in [9.17, 15) is 23.1 Å². The minimum absolute atomic E-state index is 0.0371. The summed E-state index contributed by atoms with van der Waals surface area (Å²) < 4.78 is 38.1. The van der Waals surface area contributed by atoms with E-state index in [0.29, 0.717) is 16.8 Å². The van der Waals surface area contributed by atoms with Gasteiger partial charge in [-0.3, -0.25) is 9.78 Å². The molecule has 0 aliphatic carbocycles. The number of aromatic nitrogens is 1. The van der Waals surface area contributed by atoms with Crippen LogP contribution in [0.25, 0.3) is 0 Å². The molecule has 0 fully saturated rings. The first kappa shape index (κ1) is 16.9. The van der Waals surface area contributed by atoms with Crippen LogP contribution in [0, 0.1) is 0 Å². The molecule has 6 nitrogen and oxygen atoms in total. The highest BCUT2D eigenvalue weighted by Crippen LogP contribution is 2.38. The molecule has 2 heterocycles. The lowest BCUT2D eigenvalue weighted by Gasteiger charge is -2.22. The van der Waals surface area contributed by atoms with E-state index in [1.807, 2.05) is 0 Å². The number of pyridine rings is 1. The molecule has 1 unspecified atom stereocenters. The van der Waals surface area contributed by atoms with Gasteiger partial charge >= 0.3 is 12.0 Å². The molecule has 130 valence electrons. The zero-order valence-electron chi connectivity index (χ0n) is 12.6. The maximum absolute atomic E-state index is 12.7. The first-order valence-electron chi connectivity index (χ1n) is 7.14. The van der Waals surface area contributed by atoms with Crippen molar-refractivity contribution in [2.75, 3.05) is 5.32 Å².